The predicted molar refractivity (Wildman–Crippen MR) is 102 cm³/mol. The summed E-state index contributed by atoms with van der Waals surface area (Å²) in [6, 6.07) is 13.0. The zero-order valence-electron chi connectivity index (χ0n) is 13.9. The Kier molecular flexibility index (Phi) is 4.47. The van der Waals surface area contributed by atoms with Crippen molar-refractivity contribution in [3.63, 3.8) is 0 Å². The molecule has 0 aliphatic rings. The Balaban J connectivity index is 1.50. The number of rotatable bonds is 4. The smallest absolute Gasteiger partial charge is 0.261 e. The van der Waals surface area contributed by atoms with Crippen LogP contribution in [0.1, 0.15) is 0 Å². The maximum atomic E-state index is 13.3. The van der Waals surface area contributed by atoms with E-state index in [4.69, 9.17) is 0 Å². The fraction of sp³-hybridized carbons (Fsp3) is 0.0526. The molecule has 1 amide bonds. The van der Waals surface area contributed by atoms with E-state index in [1.165, 1.54) is 34.4 Å². The first-order chi connectivity index (χ1) is 13.1. The van der Waals surface area contributed by atoms with Crippen LogP contribution in [-0.4, -0.2) is 20.4 Å². The Morgan fingerprint density at radius 2 is 2.04 bits per heavy atom. The molecule has 0 saturated carbocycles. The number of thiazole rings is 1. The second kappa shape index (κ2) is 7.08. The van der Waals surface area contributed by atoms with Crippen molar-refractivity contribution in [1.82, 2.24) is 14.5 Å². The second-order valence-electron chi connectivity index (χ2n) is 5.79. The van der Waals surface area contributed by atoms with Gasteiger partial charge in [-0.1, -0.05) is 24.3 Å². The van der Waals surface area contributed by atoms with Crippen molar-refractivity contribution >= 4 is 33.3 Å². The number of hydrogen-bond acceptors (Lipinski definition) is 5. The summed E-state index contributed by atoms with van der Waals surface area (Å²) in [4.78, 5) is 33.2. The Morgan fingerprint density at radius 3 is 2.89 bits per heavy atom. The number of nitrogens with one attached hydrogen (secondary N) is 1. The van der Waals surface area contributed by atoms with Crippen LogP contribution in [0.4, 0.5) is 9.52 Å². The highest BCUT2D eigenvalue weighted by atomic mass is 32.1. The summed E-state index contributed by atoms with van der Waals surface area (Å²) in [5, 5.41) is 5.22. The average molecular weight is 380 g/mol. The van der Waals surface area contributed by atoms with Gasteiger partial charge in [0.1, 0.15) is 12.4 Å². The highest BCUT2D eigenvalue weighted by molar-refractivity contribution is 7.14. The molecule has 0 fully saturated rings. The zero-order chi connectivity index (χ0) is 18.8. The molecule has 6 nitrogen and oxygen atoms in total. The Hall–Kier alpha value is -3.39. The van der Waals surface area contributed by atoms with Gasteiger partial charge in [0, 0.05) is 10.9 Å². The van der Waals surface area contributed by atoms with Crippen molar-refractivity contribution in [3.8, 4) is 11.3 Å². The minimum atomic E-state index is -0.394. The normalized spacial score (nSPS) is 10.9. The first-order valence-corrected chi connectivity index (χ1v) is 8.93. The number of amides is 1. The van der Waals surface area contributed by atoms with Crippen LogP contribution in [0.5, 0.6) is 0 Å². The number of halogens is 1. The third-order valence-corrected chi connectivity index (χ3v) is 4.67. The first-order valence-electron chi connectivity index (χ1n) is 8.06. The standard InChI is InChI=1S/C19H13FN4O2S/c20-13-5-3-4-12(8-13)16-10-27-19(22-16)23-17(25)9-24-11-21-15-7-2-1-6-14(15)18(24)26/h1-8,10-11H,9H2,(H,22,23,25). The van der Waals surface area contributed by atoms with Crippen molar-refractivity contribution in [2.24, 2.45) is 0 Å². The fourth-order valence-corrected chi connectivity index (χ4v) is 3.38. The first kappa shape index (κ1) is 17.0. The minimum absolute atomic E-state index is 0.175. The largest absolute Gasteiger partial charge is 0.300 e. The highest BCUT2D eigenvalue weighted by Gasteiger charge is 2.11. The van der Waals surface area contributed by atoms with Crippen molar-refractivity contribution in [3.05, 3.63) is 76.4 Å². The van der Waals surface area contributed by atoms with Crippen LogP contribution >= 0.6 is 11.3 Å². The van der Waals surface area contributed by atoms with Crippen LogP contribution in [0.3, 0.4) is 0 Å². The SMILES string of the molecule is O=C(Cn1cnc2ccccc2c1=O)Nc1nc(-c2cccc(F)c2)cs1. The van der Waals surface area contributed by atoms with E-state index in [1.54, 1.807) is 41.8 Å². The molecular weight excluding hydrogens is 367 g/mol. The van der Waals surface area contributed by atoms with Crippen molar-refractivity contribution in [2.75, 3.05) is 5.32 Å². The number of benzene rings is 2. The van der Waals surface area contributed by atoms with E-state index >= 15 is 0 Å². The van der Waals surface area contributed by atoms with Crippen LogP contribution in [0.2, 0.25) is 0 Å². The third-order valence-electron chi connectivity index (χ3n) is 3.92. The van der Waals surface area contributed by atoms with Gasteiger partial charge in [0.05, 0.1) is 22.9 Å². The topological polar surface area (TPSA) is 76.9 Å². The summed E-state index contributed by atoms with van der Waals surface area (Å²) in [5.41, 5.74) is 1.50. The molecule has 134 valence electrons. The molecule has 2 aromatic carbocycles. The van der Waals surface area contributed by atoms with E-state index in [-0.39, 0.29) is 17.9 Å². The number of nitrogens with zero attached hydrogens (tertiary/aromatic N) is 3. The molecule has 2 heterocycles. The van der Waals surface area contributed by atoms with E-state index in [0.717, 1.165) is 0 Å². The molecule has 4 rings (SSSR count). The molecule has 0 spiro atoms. The molecular formula is C19H13FN4O2S. The van der Waals surface area contributed by atoms with Gasteiger partial charge in [-0.15, -0.1) is 11.3 Å². The molecule has 0 radical (unpaired) electrons. The van der Waals surface area contributed by atoms with Gasteiger partial charge in [-0.25, -0.2) is 14.4 Å². The van der Waals surface area contributed by atoms with Crippen molar-refractivity contribution < 1.29 is 9.18 Å². The summed E-state index contributed by atoms with van der Waals surface area (Å²) in [6.07, 6.45) is 1.35. The minimum Gasteiger partial charge on any atom is -0.300 e. The van der Waals surface area contributed by atoms with Gasteiger partial charge in [-0.2, -0.15) is 0 Å². The van der Waals surface area contributed by atoms with Gasteiger partial charge in [-0.05, 0) is 24.3 Å². The van der Waals surface area contributed by atoms with Gasteiger partial charge < -0.3 is 5.32 Å². The fourth-order valence-electron chi connectivity index (χ4n) is 2.64. The molecule has 0 bridgehead atoms. The Labute approximate surface area is 157 Å². The number of fused-ring (bicyclic) bond motifs is 1. The number of carbonyl (C=O) groups is 1. The van der Waals surface area contributed by atoms with Gasteiger partial charge in [0.15, 0.2) is 5.13 Å². The summed E-state index contributed by atoms with van der Waals surface area (Å²) < 4.78 is 14.6. The Bertz CT molecular complexity index is 1200. The lowest BCUT2D eigenvalue weighted by molar-refractivity contribution is -0.116. The summed E-state index contributed by atoms with van der Waals surface area (Å²) in [6.45, 7) is -0.175. The summed E-state index contributed by atoms with van der Waals surface area (Å²) >= 11 is 1.23. The molecule has 4 aromatic rings. The van der Waals surface area contributed by atoms with Gasteiger partial charge in [0.2, 0.25) is 5.91 Å². The molecule has 0 aliphatic carbocycles. The summed E-state index contributed by atoms with van der Waals surface area (Å²) in [5.74, 6) is -0.747. The molecule has 0 unspecified atom stereocenters. The zero-order valence-corrected chi connectivity index (χ0v) is 14.7. The van der Waals surface area contributed by atoms with E-state index in [1.807, 2.05) is 0 Å². The number of para-hydroxylation sites is 1. The van der Waals surface area contributed by atoms with E-state index in [9.17, 15) is 14.0 Å². The highest BCUT2D eigenvalue weighted by Crippen LogP contribution is 2.25. The third kappa shape index (κ3) is 3.61. The molecule has 0 saturated heterocycles. The molecule has 2 aromatic heterocycles. The average Bonchev–Trinajstić information content (AvgIpc) is 3.13. The maximum Gasteiger partial charge on any atom is 0.261 e. The van der Waals surface area contributed by atoms with E-state index in [2.05, 4.69) is 15.3 Å². The molecule has 0 aliphatic heterocycles. The lowest BCUT2D eigenvalue weighted by Crippen LogP contribution is -2.27. The lowest BCUT2D eigenvalue weighted by atomic mass is 10.2. The molecule has 8 heteroatoms. The number of anilines is 1. The Morgan fingerprint density at radius 1 is 1.19 bits per heavy atom. The molecule has 1 N–H and O–H groups in total. The number of aromatic nitrogens is 3. The van der Waals surface area contributed by atoms with E-state index in [0.29, 0.717) is 27.3 Å². The van der Waals surface area contributed by atoms with Gasteiger partial charge in [0.25, 0.3) is 5.56 Å². The number of carbonyl (C=O) groups excluding carboxylic acids is 1. The quantitative estimate of drug-likeness (QED) is 0.589. The van der Waals surface area contributed by atoms with Crippen molar-refractivity contribution in [1.29, 1.82) is 0 Å². The van der Waals surface area contributed by atoms with Crippen molar-refractivity contribution in [2.45, 2.75) is 6.54 Å². The summed E-state index contributed by atoms with van der Waals surface area (Å²) in [7, 11) is 0. The molecule has 0 atom stereocenters. The van der Waals surface area contributed by atoms with Crippen LogP contribution in [0, 0.1) is 5.82 Å². The second-order valence-corrected chi connectivity index (χ2v) is 6.65. The van der Waals surface area contributed by atoms with Gasteiger partial charge >= 0.3 is 0 Å². The predicted octanol–water partition coefficient (Wildman–Crippen LogP) is 3.30. The number of hydrogen-bond donors (Lipinski definition) is 1. The van der Waals surface area contributed by atoms with Crippen LogP contribution in [-0.2, 0) is 11.3 Å². The van der Waals surface area contributed by atoms with Crippen LogP contribution in [0.15, 0.2) is 65.0 Å². The van der Waals surface area contributed by atoms with E-state index < -0.39 is 5.91 Å². The molecule has 27 heavy (non-hydrogen) atoms. The van der Waals surface area contributed by atoms with Gasteiger partial charge in [-0.3, -0.25) is 14.2 Å². The lowest BCUT2D eigenvalue weighted by Gasteiger charge is -2.06. The monoisotopic (exact) mass is 380 g/mol. The maximum absolute atomic E-state index is 13.3. The van der Waals surface area contributed by atoms with Crippen LogP contribution < -0.4 is 10.9 Å². The van der Waals surface area contributed by atoms with Crippen LogP contribution in [0.25, 0.3) is 22.2 Å².